The summed E-state index contributed by atoms with van der Waals surface area (Å²) in [6.07, 6.45) is 9.08. The van der Waals surface area contributed by atoms with Crippen molar-refractivity contribution in [3.8, 4) is 0 Å². The zero-order valence-electron chi connectivity index (χ0n) is 20.0. The summed E-state index contributed by atoms with van der Waals surface area (Å²) < 4.78 is 27.9. The average molecular weight is 539 g/mol. The highest BCUT2D eigenvalue weighted by Gasteiger charge is 2.24. The smallest absolute Gasteiger partial charge is 0.223 e. The third-order valence-electron chi connectivity index (χ3n) is 6.81. The molecule has 1 aromatic heterocycles. The van der Waals surface area contributed by atoms with E-state index >= 15 is 0 Å². The SMILES string of the molecule is CCc1nccn1CCCC1CCN(C(=O)CCS(=O)(=O)c2ccc3cc(Cl)ccc3c2)CC1.Cl. The van der Waals surface area contributed by atoms with E-state index in [9.17, 15) is 13.2 Å². The third kappa shape index (κ3) is 6.99. The highest BCUT2D eigenvalue weighted by atomic mass is 35.5. The van der Waals surface area contributed by atoms with Crippen molar-refractivity contribution in [3.05, 3.63) is 59.6 Å². The van der Waals surface area contributed by atoms with Crippen LogP contribution in [0.5, 0.6) is 0 Å². The number of carbonyl (C=O) groups excluding carboxylic acids is 1. The van der Waals surface area contributed by atoms with Crippen molar-refractivity contribution in [1.82, 2.24) is 14.5 Å². The molecule has 0 bridgehead atoms. The molecular weight excluding hydrogens is 505 g/mol. The quantitative estimate of drug-likeness (QED) is 0.358. The number of halogens is 2. The predicted molar refractivity (Wildman–Crippen MR) is 143 cm³/mol. The Bertz CT molecular complexity index is 1250. The summed E-state index contributed by atoms with van der Waals surface area (Å²) in [6.45, 7) is 4.54. The van der Waals surface area contributed by atoms with Crippen LogP contribution in [0.2, 0.25) is 5.02 Å². The second-order valence-corrected chi connectivity index (χ2v) is 11.6. The van der Waals surface area contributed by atoms with Gasteiger partial charge in [0, 0.05) is 49.9 Å². The molecule has 190 valence electrons. The molecule has 1 aliphatic heterocycles. The molecule has 0 saturated carbocycles. The molecule has 1 aliphatic rings. The summed E-state index contributed by atoms with van der Waals surface area (Å²) in [5.41, 5.74) is 0. The Labute approximate surface area is 219 Å². The molecule has 2 aromatic carbocycles. The molecule has 1 saturated heterocycles. The number of likely N-dealkylation sites (tertiary alicyclic amines) is 1. The minimum atomic E-state index is -3.53. The largest absolute Gasteiger partial charge is 0.343 e. The zero-order valence-corrected chi connectivity index (χ0v) is 22.4. The van der Waals surface area contributed by atoms with E-state index in [2.05, 4.69) is 16.5 Å². The first kappa shape index (κ1) is 27.5. The first-order chi connectivity index (χ1) is 16.4. The Kier molecular flexibility index (Phi) is 9.62. The van der Waals surface area contributed by atoms with Gasteiger partial charge in [0.05, 0.1) is 10.6 Å². The van der Waals surface area contributed by atoms with Gasteiger partial charge >= 0.3 is 0 Å². The van der Waals surface area contributed by atoms with E-state index in [0.29, 0.717) is 24.0 Å². The van der Waals surface area contributed by atoms with E-state index in [1.165, 1.54) is 0 Å². The van der Waals surface area contributed by atoms with E-state index < -0.39 is 9.84 Å². The highest BCUT2D eigenvalue weighted by Crippen LogP contribution is 2.25. The summed E-state index contributed by atoms with van der Waals surface area (Å²) in [5, 5.41) is 2.32. The lowest BCUT2D eigenvalue weighted by molar-refractivity contribution is -0.132. The number of aryl methyl sites for hydroxylation is 2. The molecule has 1 fully saturated rings. The molecule has 4 rings (SSSR count). The lowest BCUT2D eigenvalue weighted by Gasteiger charge is -2.32. The van der Waals surface area contributed by atoms with Crippen molar-refractivity contribution in [2.24, 2.45) is 5.92 Å². The van der Waals surface area contributed by atoms with Crippen molar-refractivity contribution in [1.29, 1.82) is 0 Å². The molecule has 0 unspecified atom stereocenters. The van der Waals surface area contributed by atoms with Crippen LogP contribution in [0.15, 0.2) is 53.7 Å². The molecule has 9 heteroatoms. The number of hydrogen-bond acceptors (Lipinski definition) is 4. The fraction of sp³-hybridized carbons (Fsp3) is 0.462. The van der Waals surface area contributed by atoms with Crippen LogP contribution < -0.4 is 0 Å². The molecule has 0 aliphatic carbocycles. The number of hydrogen-bond donors (Lipinski definition) is 0. The summed E-state index contributed by atoms with van der Waals surface area (Å²) in [6, 6.07) is 10.4. The van der Waals surface area contributed by atoms with Gasteiger partial charge in [-0.25, -0.2) is 13.4 Å². The zero-order chi connectivity index (χ0) is 24.1. The van der Waals surface area contributed by atoms with Gasteiger partial charge in [0.1, 0.15) is 5.82 Å². The summed E-state index contributed by atoms with van der Waals surface area (Å²) in [5.74, 6) is 1.51. The van der Waals surface area contributed by atoms with Gasteiger partial charge in [-0.3, -0.25) is 4.79 Å². The van der Waals surface area contributed by atoms with Crippen molar-refractivity contribution in [2.75, 3.05) is 18.8 Å². The number of nitrogens with zero attached hydrogens (tertiary/aromatic N) is 3. The van der Waals surface area contributed by atoms with Gasteiger partial charge in [0.2, 0.25) is 5.91 Å². The average Bonchev–Trinajstić information content (AvgIpc) is 3.30. The van der Waals surface area contributed by atoms with Crippen molar-refractivity contribution in [2.45, 2.75) is 56.9 Å². The Morgan fingerprint density at radius 1 is 1.11 bits per heavy atom. The molecule has 0 N–H and O–H groups in total. The van der Waals surface area contributed by atoms with Crippen LogP contribution in [0.25, 0.3) is 10.8 Å². The van der Waals surface area contributed by atoms with E-state index in [1.54, 1.807) is 30.3 Å². The predicted octanol–water partition coefficient (Wildman–Crippen LogP) is 5.56. The lowest BCUT2D eigenvalue weighted by Crippen LogP contribution is -2.39. The number of piperidine rings is 1. The molecule has 6 nitrogen and oxygen atoms in total. The van der Waals surface area contributed by atoms with Crippen molar-refractivity contribution >= 4 is 50.5 Å². The van der Waals surface area contributed by atoms with Gasteiger partial charge in [-0.15, -0.1) is 12.4 Å². The van der Waals surface area contributed by atoms with E-state index in [-0.39, 0.29) is 35.4 Å². The molecule has 2 heterocycles. The van der Waals surface area contributed by atoms with Gasteiger partial charge in [-0.1, -0.05) is 30.7 Å². The van der Waals surface area contributed by atoms with Crippen LogP contribution in [-0.2, 0) is 27.6 Å². The first-order valence-corrected chi connectivity index (χ1v) is 14.1. The second kappa shape index (κ2) is 12.2. The van der Waals surface area contributed by atoms with Crippen LogP contribution in [0.4, 0.5) is 0 Å². The fourth-order valence-corrected chi connectivity index (χ4v) is 6.21. The molecule has 0 radical (unpaired) electrons. The second-order valence-electron chi connectivity index (χ2n) is 9.08. The summed E-state index contributed by atoms with van der Waals surface area (Å²) >= 11 is 6.01. The Morgan fingerprint density at radius 3 is 2.57 bits per heavy atom. The number of amides is 1. The summed E-state index contributed by atoms with van der Waals surface area (Å²) in [7, 11) is -3.53. The van der Waals surface area contributed by atoms with Gasteiger partial charge in [0.15, 0.2) is 9.84 Å². The number of benzene rings is 2. The van der Waals surface area contributed by atoms with E-state index in [0.717, 1.165) is 55.2 Å². The maximum Gasteiger partial charge on any atom is 0.223 e. The first-order valence-electron chi connectivity index (χ1n) is 12.1. The number of aromatic nitrogens is 2. The van der Waals surface area contributed by atoms with Gasteiger partial charge in [-0.05, 0) is 66.6 Å². The molecule has 0 atom stereocenters. The monoisotopic (exact) mass is 537 g/mol. The molecule has 3 aromatic rings. The van der Waals surface area contributed by atoms with Crippen molar-refractivity contribution < 1.29 is 13.2 Å². The molecule has 0 spiro atoms. The maximum atomic E-state index is 12.8. The highest BCUT2D eigenvalue weighted by molar-refractivity contribution is 7.91. The lowest BCUT2D eigenvalue weighted by atomic mass is 9.92. The molecule has 1 amide bonds. The standard InChI is InChI=1S/C26H32ClN3O3S.ClH/c1-2-25-28-12-16-29(25)13-3-4-20-9-14-30(15-10-20)26(31)11-17-34(32,33)24-8-6-21-18-23(27)7-5-22(21)19-24;/h5-8,12,16,18-20H,2-4,9-11,13-15,17H2,1H3;1H. The number of sulfone groups is 1. The van der Waals surface area contributed by atoms with Crippen LogP contribution in [0, 0.1) is 5.92 Å². The number of imidazole rings is 1. The van der Waals surface area contributed by atoms with E-state index in [4.69, 9.17) is 11.6 Å². The molecular formula is C26H33Cl2N3O3S. The number of fused-ring (bicyclic) bond motifs is 1. The summed E-state index contributed by atoms with van der Waals surface area (Å²) in [4.78, 5) is 19.2. The Balaban J connectivity index is 0.00000342. The fourth-order valence-electron chi connectivity index (χ4n) is 4.77. The normalized spacial score (nSPS) is 14.7. The Morgan fingerprint density at radius 2 is 1.83 bits per heavy atom. The van der Waals surface area contributed by atoms with Crippen molar-refractivity contribution in [3.63, 3.8) is 0 Å². The van der Waals surface area contributed by atoms with Crippen LogP contribution in [-0.4, -0.2) is 47.6 Å². The van der Waals surface area contributed by atoms with Gasteiger partial charge in [0.25, 0.3) is 0 Å². The van der Waals surface area contributed by atoms with Gasteiger partial charge in [-0.2, -0.15) is 0 Å². The Hall–Kier alpha value is -2.09. The van der Waals surface area contributed by atoms with Crippen LogP contribution in [0.1, 0.15) is 44.9 Å². The number of carbonyl (C=O) groups is 1. The van der Waals surface area contributed by atoms with E-state index in [1.807, 2.05) is 23.4 Å². The van der Waals surface area contributed by atoms with Crippen LogP contribution in [0.3, 0.4) is 0 Å². The topological polar surface area (TPSA) is 72.3 Å². The minimum absolute atomic E-state index is 0. The molecule has 35 heavy (non-hydrogen) atoms. The van der Waals surface area contributed by atoms with Gasteiger partial charge < -0.3 is 9.47 Å². The minimum Gasteiger partial charge on any atom is -0.343 e. The third-order valence-corrected chi connectivity index (χ3v) is 8.76. The maximum absolute atomic E-state index is 12.8. The van der Waals surface area contributed by atoms with Crippen LogP contribution >= 0.6 is 24.0 Å². The number of rotatable bonds is 9.